The molecule has 4 nitrogen and oxygen atoms in total. The van der Waals surface area contributed by atoms with E-state index in [0.717, 1.165) is 12.8 Å². The minimum Gasteiger partial charge on any atom is -0.195 e. The molecule has 1 aliphatic rings. The van der Waals surface area contributed by atoms with Crippen molar-refractivity contribution in [1.82, 2.24) is 8.61 Å². The summed E-state index contributed by atoms with van der Waals surface area (Å²) in [6, 6.07) is 0. The van der Waals surface area contributed by atoms with Gasteiger partial charge in [-0.15, -0.1) is 0 Å². The highest BCUT2D eigenvalue weighted by atomic mass is 32.2. The molecule has 1 aliphatic heterocycles. The van der Waals surface area contributed by atoms with Crippen LogP contribution < -0.4 is 0 Å². The normalized spacial score (nSPS) is 18.6. The van der Waals surface area contributed by atoms with Crippen LogP contribution in [0.2, 0.25) is 0 Å². The first kappa shape index (κ1) is 9.95. The molecule has 0 bridgehead atoms. The molecule has 0 aromatic rings. The third-order valence-corrected chi connectivity index (χ3v) is 3.94. The van der Waals surface area contributed by atoms with Crippen molar-refractivity contribution in [2.75, 3.05) is 26.7 Å². The van der Waals surface area contributed by atoms with Crippen LogP contribution in [0.25, 0.3) is 0 Å². The van der Waals surface area contributed by atoms with E-state index in [1.165, 1.54) is 8.61 Å². The van der Waals surface area contributed by atoms with E-state index >= 15 is 0 Å². The maximum absolute atomic E-state index is 11.5. The van der Waals surface area contributed by atoms with Crippen molar-refractivity contribution in [2.45, 2.75) is 19.8 Å². The molecule has 0 atom stereocenters. The van der Waals surface area contributed by atoms with E-state index in [1.54, 1.807) is 7.05 Å². The van der Waals surface area contributed by atoms with Crippen molar-refractivity contribution in [3.63, 3.8) is 0 Å². The van der Waals surface area contributed by atoms with Gasteiger partial charge in [-0.2, -0.15) is 17.0 Å². The fourth-order valence-corrected chi connectivity index (χ4v) is 2.26. The standard InChI is InChI=1S/C7H16N2O2S/c1-3-4-5-8(2)12(10,11)9-6-7-9/h3-7H2,1-2H3. The summed E-state index contributed by atoms with van der Waals surface area (Å²) in [6.07, 6.45) is 1.96. The van der Waals surface area contributed by atoms with Crippen molar-refractivity contribution in [3.8, 4) is 0 Å². The van der Waals surface area contributed by atoms with Crippen LogP contribution in [-0.2, 0) is 10.2 Å². The van der Waals surface area contributed by atoms with Gasteiger partial charge in [0.2, 0.25) is 0 Å². The second-order valence-corrected chi connectivity index (χ2v) is 5.12. The summed E-state index contributed by atoms with van der Waals surface area (Å²) in [7, 11) is -1.43. The zero-order chi connectivity index (χ0) is 9.19. The number of hydrogen-bond acceptors (Lipinski definition) is 2. The number of hydrogen-bond donors (Lipinski definition) is 0. The molecule has 1 rings (SSSR count). The third kappa shape index (κ3) is 2.18. The van der Waals surface area contributed by atoms with Gasteiger partial charge in [-0.25, -0.2) is 0 Å². The molecule has 0 radical (unpaired) electrons. The molecule has 0 amide bonds. The average molecular weight is 192 g/mol. The van der Waals surface area contributed by atoms with E-state index in [4.69, 9.17) is 0 Å². The summed E-state index contributed by atoms with van der Waals surface area (Å²) >= 11 is 0. The maximum Gasteiger partial charge on any atom is 0.281 e. The summed E-state index contributed by atoms with van der Waals surface area (Å²) < 4.78 is 25.8. The Morgan fingerprint density at radius 2 is 2.00 bits per heavy atom. The van der Waals surface area contributed by atoms with Gasteiger partial charge in [0.25, 0.3) is 10.2 Å². The Bertz CT molecular complexity index is 234. The van der Waals surface area contributed by atoms with Gasteiger partial charge in [0.1, 0.15) is 0 Å². The molecule has 0 unspecified atom stereocenters. The maximum atomic E-state index is 11.5. The summed E-state index contributed by atoms with van der Waals surface area (Å²) in [4.78, 5) is 0. The van der Waals surface area contributed by atoms with Gasteiger partial charge in [-0.05, 0) is 6.42 Å². The first-order valence-corrected chi connectivity index (χ1v) is 5.70. The Morgan fingerprint density at radius 1 is 1.42 bits per heavy atom. The summed E-state index contributed by atoms with van der Waals surface area (Å²) in [5.74, 6) is 0. The van der Waals surface area contributed by atoms with Crippen LogP contribution >= 0.6 is 0 Å². The SMILES string of the molecule is CCCCN(C)S(=O)(=O)N1CC1. The van der Waals surface area contributed by atoms with Crippen LogP contribution in [0.1, 0.15) is 19.8 Å². The topological polar surface area (TPSA) is 40.4 Å². The summed E-state index contributed by atoms with van der Waals surface area (Å²) in [5, 5.41) is 0. The van der Waals surface area contributed by atoms with Gasteiger partial charge in [0.05, 0.1) is 0 Å². The molecular formula is C7H16N2O2S. The van der Waals surface area contributed by atoms with Gasteiger partial charge >= 0.3 is 0 Å². The summed E-state index contributed by atoms with van der Waals surface area (Å²) in [5.41, 5.74) is 0. The van der Waals surface area contributed by atoms with Gasteiger partial charge in [-0.3, -0.25) is 0 Å². The zero-order valence-electron chi connectivity index (χ0n) is 7.65. The second-order valence-electron chi connectivity index (χ2n) is 3.08. The van der Waals surface area contributed by atoms with Gasteiger partial charge in [0.15, 0.2) is 0 Å². The highest BCUT2D eigenvalue weighted by molar-refractivity contribution is 7.87. The number of nitrogens with zero attached hydrogens (tertiary/aromatic N) is 2. The van der Waals surface area contributed by atoms with Crippen LogP contribution in [-0.4, -0.2) is 43.7 Å². The Balaban J connectivity index is 2.44. The molecule has 0 spiro atoms. The minimum atomic E-state index is -3.07. The predicted octanol–water partition coefficient (Wildman–Crippen LogP) is 0.279. The lowest BCUT2D eigenvalue weighted by molar-refractivity contribution is 0.434. The van der Waals surface area contributed by atoms with E-state index in [-0.39, 0.29) is 0 Å². The minimum absolute atomic E-state index is 0.634. The first-order chi connectivity index (χ1) is 5.59. The highest BCUT2D eigenvalue weighted by Gasteiger charge is 2.34. The lowest BCUT2D eigenvalue weighted by Crippen LogP contribution is -2.32. The van der Waals surface area contributed by atoms with Crippen molar-refractivity contribution < 1.29 is 8.42 Å². The molecule has 0 aromatic heterocycles. The van der Waals surface area contributed by atoms with Gasteiger partial charge in [0, 0.05) is 26.7 Å². The molecule has 0 N–H and O–H groups in total. The lowest BCUT2D eigenvalue weighted by atomic mass is 10.3. The molecule has 1 heterocycles. The molecule has 1 saturated heterocycles. The van der Waals surface area contributed by atoms with Crippen molar-refractivity contribution >= 4 is 10.2 Å². The lowest BCUT2D eigenvalue weighted by Gasteiger charge is -2.16. The molecule has 0 aromatic carbocycles. The van der Waals surface area contributed by atoms with E-state index in [2.05, 4.69) is 6.92 Å². The van der Waals surface area contributed by atoms with Crippen LogP contribution in [0.3, 0.4) is 0 Å². The fourth-order valence-electron chi connectivity index (χ4n) is 0.965. The predicted molar refractivity (Wildman–Crippen MR) is 48.0 cm³/mol. The first-order valence-electron chi connectivity index (χ1n) is 4.30. The van der Waals surface area contributed by atoms with Crippen molar-refractivity contribution in [3.05, 3.63) is 0 Å². The number of unbranched alkanes of at least 4 members (excludes halogenated alkanes) is 1. The molecule has 1 fully saturated rings. The average Bonchev–Trinajstić information content (AvgIpc) is 2.81. The van der Waals surface area contributed by atoms with Gasteiger partial charge in [-0.1, -0.05) is 13.3 Å². The Labute approximate surface area is 74.3 Å². The van der Waals surface area contributed by atoms with Crippen LogP contribution in [0, 0.1) is 0 Å². The quantitative estimate of drug-likeness (QED) is 0.587. The van der Waals surface area contributed by atoms with Crippen molar-refractivity contribution in [2.24, 2.45) is 0 Å². The second kappa shape index (κ2) is 3.72. The van der Waals surface area contributed by atoms with E-state index in [1.807, 2.05) is 0 Å². The van der Waals surface area contributed by atoms with Crippen molar-refractivity contribution in [1.29, 1.82) is 0 Å². The Hall–Kier alpha value is -0.130. The largest absolute Gasteiger partial charge is 0.281 e. The van der Waals surface area contributed by atoms with E-state index < -0.39 is 10.2 Å². The van der Waals surface area contributed by atoms with Crippen LogP contribution in [0.5, 0.6) is 0 Å². The highest BCUT2D eigenvalue weighted by Crippen LogP contribution is 2.15. The molecule has 0 aliphatic carbocycles. The smallest absolute Gasteiger partial charge is 0.195 e. The van der Waals surface area contributed by atoms with E-state index in [0.29, 0.717) is 19.6 Å². The molecule has 5 heteroatoms. The molecule has 72 valence electrons. The third-order valence-electron chi connectivity index (χ3n) is 1.95. The number of rotatable bonds is 5. The van der Waals surface area contributed by atoms with Crippen LogP contribution in [0.15, 0.2) is 0 Å². The Morgan fingerprint density at radius 3 is 2.42 bits per heavy atom. The van der Waals surface area contributed by atoms with Crippen LogP contribution in [0.4, 0.5) is 0 Å². The molecule has 0 saturated carbocycles. The van der Waals surface area contributed by atoms with Gasteiger partial charge < -0.3 is 0 Å². The monoisotopic (exact) mass is 192 g/mol. The fraction of sp³-hybridized carbons (Fsp3) is 1.00. The summed E-state index contributed by atoms with van der Waals surface area (Å²) in [6.45, 7) is 4.07. The van der Waals surface area contributed by atoms with E-state index in [9.17, 15) is 8.42 Å². The Kier molecular flexibility index (Phi) is 3.09. The zero-order valence-corrected chi connectivity index (χ0v) is 8.47. The molecule has 12 heavy (non-hydrogen) atoms. The molecular weight excluding hydrogens is 176 g/mol.